The van der Waals surface area contributed by atoms with Crippen molar-refractivity contribution in [2.24, 2.45) is 0 Å². The van der Waals surface area contributed by atoms with Gasteiger partial charge in [0, 0.05) is 24.7 Å². The highest BCUT2D eigenvalue weighted by molar-refractivity contribution is 5.94. The summed E-state index contributed by atoms with van der Waals surface area (Å²) < 4.78 is 16.8. The molecule has 0 saturated heterocycles. The molecule has 1 aliphatic heterocycles. The van der Waals surface area contributed by atoms with E-state index in [0.717, 1.165) is 12.0 Å². The molecule has 0 bridgehead atoms. The molecule has 0 saturated carbocycles. The largest absolute Gasteiger partial charge is 0.483 e. The van der Waals surface area contributed by atoms with Crippen LogP contribution in [0.4, 0.5) is 5.69 Å². The number of carboxylic acids is 1. The Labute approximate surface area is 163 Å². The van der Waals surface area contributed by atoms with Crippen LogP contribution < -0.4 is 19.1 Å². The maximum atomic E-state index is 12.5. The van der Waals surface area contributed by atoms with Gasteiger partial charge in [0.2, 0.25) is 0 Å². The number of rotatable bonds is 7. The minimum atomic E-state index is -1.05. The Bertz CT molecular complexity index is 875. The molecule has 1 N–H and O–H groups in total. The van der Waals surface area contributed by atoms with Crippen molar-refractivity contribution in [2.45, 2.75) is 25.9 Å². The van der Waals surface area contributed by atoms with Crippen molar-refractivity contribution < 1.29 is 28.9 Å². The Balaban J connectivity index is 1.60. The molecule has 0 radical (unpaired) electrons. The zero-order valence-electron chi connectivity index (χ0n) is 16.1. The molecule has 3 rings (SSSR count). The van der Waals surface area contributed by atoms with Crippen molar-refractivity contribution in [1.29, 1.82) is 0 Å². The molecule has 1 heterocycles. The van der Waals surface area contributed by atoms with E-state index in [1.54, 1.807) is 37.4 Å². The number of anilines is 1. The third-order valence-corrected chi connectivity index (χ3v) is 4.37. The lowest BCUT2D eigenvalue weighted by Crippen LogP contribution is -2.31. The maximum Gasteiger partial charge on any atom is 0.341 e. The zero-order chi connectivity index (χ0) is 20.3. The van der Waals surface area contributed by atoms with Gasteiger partial charge in [-0.05, 0) is 44.2 Å². The predicted molar refractivity (Wildman–Crippen MR) is 103 cm³/mol. The number of nitrogens with zero attached hydrogens (tertiary/aromatic N) is 1. The van der Waals surface area contributed by atoms with E-state index in [2.05, 4.69) is 0 Å². The summed E-state index contributed by atoms with van der Waals surface area (Å²) >= 11 is 0. The zero-order valence-corrected chi connectivity index (χ0v) is 16.1. The Kier molecular flexibility index (Phi) is 5.44. The minimum absolute atomic E-state index is 0.131. The van der Waals surface area contributed by atoms with Crippen LogP contribution in [-0.4, -0.2) is 42.8 Å². The summed E-state index contributed by atoms with van der Waals surface area (Å²) in [6, 6.07) is 12.3. The van der Waals surface area contributed by atoms with E-state index in [4.69, 9.17) is 19.3 Å². The highest BCUT2D eigenvalue weighted by Crippen LogP contribution is 2.41. The van der Waals surface area contributed by atoms with E-state index in [0.29, 0.717) is 22.9 Å². The second kappa shape index (κ2) is 7.80. The summed E-state index contributed by atoms with van der Waals surface area (Å²) in [4.78, 5) is 24.5. The first kappa shape index (κ1) is 19.5. The molecule has 0 aliphatic carbocycles. The number of hydrogen-bond acceptors (Lipinski definition) is 5. The maximum absolute atomic E-state index is 12.5. The van der Waals surface area contributed by atoms with E-state index in [9.17, 15) is 9.59 Å². The van der Waals surface area contributed by atoms with Crippen LogP contribution in [0.1, 0.15) is 19.4 Å². The molecule has 0 fully saturated rings. The van der Waals surface area contributed by atoms with Gasteiger partial charge in [-0.25, -0.2) is 4.79 Å². The van der Waals surface area contributed by atoms with Crippen molar-refractivity contribution >= 4 is 17.6 Å². The van der Waals surface area contributed by atoms with Crippen LogP contribution in [0.2, 0.25) is 0 Å². The summed E-state index contributed by atoms with van der Waals surface area (Å²) in [6.45, 7) is 3.48. The third kappa shape index (κ3) is 4.54. The van der Waals surface area contributed by atoms with Crippen LogP contribution in [0, 0.1) is 0 Å². The number of likely N-dealkylation sites (N-methyl/N-ethyl adjacent to an activating group) is 1. The lowest BCUT2D eigenvalue weighted by Gasteiger charge is -2.20. The number of carbonyl (C=O) groups is 2. The smallest absolute Gasteiger partial charge is 0.341 e. The van der Waals surface area contributed by atoms with Gasteiger partial charge in [-0.1, -0.05) is 12.1 Å². The summed E-state index contributed by atoms with van der Waals surface area (Å²) in [5, 5.41) is 8.63. The van der Waals surface area contributed by atoms with E-state index in [1.807, 2.05) is 26.0 Å². The van der Waals surface area contributed by atoms with Gasteiger partial charge in [-0.2, -0.15) is 0 Å². The number of fused-ring (bicyclic) bond motifs is 1. The standard InChI is InChI=1S/C21H23NO6/c1-21(2)11-14-5-4-6-17(20(14)28-21)27-12-18(23)22(3)15-7-9-16(10-8-15)26-13-19(24)25/h4-10H,11-13H2,1-3H3,(H,24,25). The first-order valence-corrected chi connectivity index (χ1v) is 8.90. The molecule has 28 heavy (non-hydrogen) atoms. The lowest BCUT2D eigenvalue weighted by atomic mass is 10.0. The third-order valence-electron chi connectivity index (χ3n) is 4.37. The van der Waals surface area contributed by atoms with E-state index in [-0.39, 0.29) is 18.1 Å². The van der Waals surface area contributed by atoms with E-state index >= 15 is 0 Å². The number of ether oxygens (including phenoxy) is 3. The summed E-state index contributed by atoms with van der Waals surface area (Å²) in [5.41, 5.74) is 1.43. The predicted octanol–water partition coefficient (Wildman–Crippen LogP) is 2.91. The number of hydrogen-bond donors (Lipinski definition) is 1. The van der Waals surface area contributed by atoms with Gasteiger partial charge in [0.25, 0.3) is 5.91 Å². The minimum Gasteiger partial charge on any atom is -0.483 e. The molecule has 7 nitrogen and oxygen atoms in total. The van der Waals surface area contributed by atoms with Crippen LogP contribution in [0.15, 0.2) is 42.5 Å². The van der Waals surface area contributed by atoms with Gasteiger partial charge in [0.05, 0.1) is 0 Å². The van der Waals surface area contributed by atoms with Gasteiger partial charge >= 0.3 is 5.97 Å². The van der Waals surface area contributed by atoms with Gasteiger partial charge < -0.3 is 24.2 Å². The molecular weight excluding hydrogens is 362 g/mol. The van der Waals surface area contributed by atoms with Gasteiger partial charge in [-0.3, -0.25) is 4.79 Å². The highest BCUT2D eigenvalue weighted by atomic mass is 16.5. The number of carboxylic acid groups (broad SMARTS) is 1. The quantitative estimate of drug-likeness (QED) is 0.789. The number of carbonyl (C=O) groups excluding carboxylic acids is 1. The number of amides is 1. The molecule has 2 aromatic rings. The molecule has 0 unspecified atom stereocenters. The van der Waals surface area contributed by atoms with E-state index < -0.39 is 12.6 Å². The van der Waals surface area contributed by atoms with Gasteiger partial charge in [-0.15, -0.1) is 0 Å². The topological polar surface area (TPSA) is 85.3 Å². The highest BCUT2D eigenvalue weighted by Gasteiger charge is 2.32. The Morgan fingerprint density at radius 2 is 1.82 bits per heavy atom. The van der Waals surface area contributed by atoms with Crippen molar-refractivity contribution in [1.82, 2.24) is 0 Å². The van der Waals surface area contributed by atoms with Crippen molar-refractivity contribution in [2.75, 3.05) is 25.2 Å². The normalized spacial score (nSPS) is 14.0. The molecule has 148 valence electrons. The van der Waals surface area contributed by atoms with Crippen molar-refractivity contribution in [3.8, 4) is 17.2 Å². The first-order valence-electron chi connectivity index (χ1n) is 8.90. The molecule has 0 spiro atoms. The molecule has 0 atom stereocenters. The molecule has 1 aliphatic rings. The van der Waals surface area contributed by atoms with Crippen molar-refractivity contribution in [3.05, 3.63) is 48.0 Å². The summed E-state index contributed by atoms with van der Waals surface area (Å²) in [6.07, 6.45) is 0.795. The molecule has 0 aromatic heterocycles. The van der Waals surface area contributed by atoms with Gasteiger partial charge in [0.1, 0.15) is 11.4 Å². The Morgan fingerprint density at radius 1 is 1.11 bits per heavy atom. The summed E-state index contributed by atoms with van der Waals surface area (Å²) in [7, 11) is 1.65. The number of benzene rings is 2. The monoisotopic (exact) mass is 385 g/mol. The SMILES string of the molecule is CN(C(=O)COc1cccc2c1OC(C)(C)C2)c1ccc(OCC(=O)O)cc1. The fraction of sp³-hybridized carbons (Fsp3) is 0.333. The Hall–Kier alpha value is -3.22. The van der Waals surface area contributed by atoms with Gasteiger partial charge in [0.15, 0.2) is 24.7 Å². The lowest BCUT2D eigenvalue weighted by molar-refractivity contribution is -0.139. The molecule has 2 aromatic carbocycles. The average Bonchev–Trinajstić information content (AvgIpc) is 2.98. The number of para-hydroxylation sites is 1. The van der Waals surface area contributed by atoms with E-state index in [1.165, 1.54) is 4.90 Å². The fourth-order valence-corrected chi connectivity index (χ4v) is 2.99. The van der Waals surface area contributed by atoms with Crippen LogP contribution in [-0.2, 0) is 16.0 Å². The van der Waals surface area contributed by atoms with Crippen LogP contribution >= 0.6 is 0 Å². The first-order chi connectivity index (χ1) is 13.2. The second-order valence-electron chi connectivity index (χ2n) is 7.20. The average molecular weight is 385 g/mol. The Morgan fingerprint density at radius 3 is 2.50 bits per heavy atom. The van der Waals surface area contributed by atoms with Crippen LogP contribution in [0.25, 0.3) is 0 Å². The molecule has 1 amide bonds. The molecular formula is C21H23NO6. The second-order valence-corrected chi connectivity index (χ2v) is 7.20. The molecule has 7 heteroatoms. The number of aliphatic carboxylic acids is 1. The van der Waals surface area contributed by atoms with Crippen LogP contribution in [0.5, 0.6) is 17.2 Å². The van der Waals surface area contributed by atoms with Crippen LogP contribution in [0.3, 0.4) is 0 Å². The summed E-state index contributed by atoms with van der Waals surface area (Å²) in [5.74, 6) is 0.398. The van der Waals surface area contributed by atoms with Crippen molar-refractivity contribution in [3.63, 3.8) is 0 Å². The fourth-order valence-electron chi connectivity index (χ4n) is 2.99.